The van der Waals surface area contributed by atoms with Gasteiger partial charge in [0.25, 0.3) is 0 Å². The fraction of sp³-hybridized carbons (Fsp3) is 0.724. The number of amides is 1. The minimum absolute atomic E-state index is 0.00296. The Hall–Kier alpha value is -1.88. The zero-order valence-electron chi connectivity index (χ0n) is 22.4. The van der Waals surface area contributed by atoms with Crippen LogP contribution in [-0.2, 0) is 19.0 Å². The van der Waals surface area contributed by atoms with Crippen LogP contribution in [0, 0.1) is 29.1 Å². The second-order valence-corrected chi connectivity index (χ2v) is 12.8. The summed E-state index contributed by atoms with van der Waals surface area (Å²) in [6.45, 7) is 9.81. The average molecular weight is 516 g/mol. The summed E-state index contributed by atoms with van der Waals surface area (Å²) >= 11 is 1.33. The van der Waals surface area contributed by atoms with Crippen molar-refractivity contribution < 1.29 is 23.8 Å². The number of hydrogen-bond acceptors (Lipinski definition) is 6. The molecule has 0 aromatic carbocycles. The third-order valence-electron chi connectivity index (χ3n) is 7.51. The molecule has 3 fully saturated rings. The van der Waals surface area contributed by atoms with Crippen LogP contribution in [0.4, 0.5) is 5.69 Å². The molecule has 1 aromatic rings. The Bertz CT molecular complexity index is 980. The van der Waals surface area contributed by atoms with Gasteiger partial charge in [-0.15, -0.1) is 11.3 Å². The average Bonchev–Trinajstić information content (AvgIpc) is 3.24. The first-order valence-corrected chi connectivity index (χ1v) is 14.3. The summed E-state index contributed by atoms with van der Waals surface area (Å²) in [5.74, 6) is 6.91. The molecule has 0 bridgehead atoms. The Kier molecular flexibility index (Phi) is 8.80. The van der Waals surface area contributed by atoms with Crippen LogP contribution in [0.25, 0.3) is 0 Å². The van der Waals surface area contributed by atoms with Gasteiger partial charge >= 0.3 is 5.97 Å². The Balaban J connectivity index is 1.63. The number of carbonyl (C=O) groups is 2. The molecule has 1 saturated heterocycles. The molecule has 3 aliphatic rings. The molecule has 0 N–H and O–H groups in total. The van der Waals surface area contributed by atoms with Gasteiger partial charge in [-0.3, -0.25) is 4.79 Å². The van der Waals surface area contributed by atoms with Crippen molar-refractivity contribution in [3.8, 4) is 11.8 Å². The predicted octanol–water partition coefficient (Wildman–Crippen LogP) is 5.82. The van der Waals surface area contributed by atoms with E-state index in [1.165, 1.54) is 18.4 Å². The smallest absolute Gasteiger partial charge is 0.350 e. The maximum Gasteiger partial charge on any atom is 0.350 e. The minimum atomic E-state index is -0.407. The highest BCUT2D eigenvalue weighted by Gasteiger charge is 2.38. The van der Waals surface area contributed by atoms with Crippen molar-refractivity contribution in [2.45, 2.75) is 97.3 Å². The number of anilines is 1. The molecule has 1 amide bonds. The third kappa shape index (κ3) is 6.70. The van der Waals surface area contributed by atoms with Gasteiger partial charge in [-0.1, -0.05) is 18.8 Å². The highest BCUT2D eigenvalue weighted by Crippen LogP contribution is 2.39. The second kappa shape index (κ2) is 11.7. The van der Waals surface area contributed by atoms with Crippen LogP contribution < -0.4 is 4.90 Å². The molecule has 2 heterocycles. The third-order valence-corrected chi connectivity index (χ3v) is 8.53. The number of thiophene rings is 1. The van der Waals surface area contributed by atoms with Crippen molar-refractivity contribution in [3.63, 3.8) is 0 Å². The number of esters is 1. The van der Waals surface area contributed by atoms with E-state index in [2.05, 4.69) is 39.5 Å². The van der Waals surface area contributed by atoms with E-state index in [0.29, 0.717) is 29.7 Å². The van der Waals surface area contributed by atoms with Crippen LogP contribution in [0.1, 0.15) is 93.6 Å². The molecule has 36 heavy (non-hydrogen) atoms. The molecule has 1 aromatic heterocycles. The van der Waals surface area contributed by atoms with Gasteiger partial charge in [-0.2, -0.15) is 0 Å². The molecule has 6 nitrogen and oxygen atoms in total. The van der Waals surface area contributed by atoms with Gasteiger partial charge < -0.3 is 19.1 Å². The van der Waals surface area contributed by atoms with Crippen molar-refractivity contribution in [1.29, 1.82) is 0 Å². The molecule has 198 valence electrons. The fourth-order valence-corrected chi connectivity index (χ4v) is 6.23. The molecule has 7 heteroatoms. The highest BCUT2D eigenvalue weighted by atomic mass is 32.1. The molecule has 0 spiro atoms. The van der Waals surface area contributed by atoms with Crippen molar-refractivity contribution in [2.75, 3.05) is 25.2 Å². The van der Waals surface area contributed by atoms with Crippen LogP contribution in [-0.4, -0.2) is 50.4 Å². The normalized spacial score (nSPS) is 26.9. The zero-order valence-corrected chi connectivity index (χ0v) is 23.2. The summed E-state index contributed by atoms with van der Waals surface area (Å²) < 4.78 is 16.6. The molecular weight excluding hydrogens is 474 g/mol. The largest absolute Gasteiger partial charge is 0.465 e. The summed E-state index contributed by atoms with van der Waals surface area (Å²) in [5.41, 5.74) is 0.513. The number of methoxy groups -OCH3 is 1. The fourth-order valence-electron chi connectivity index (χ4n) is 5.31. The number of nitrogens with zero attached hydrogens (tertiary/aromatic N) is 1. The van der Waals surface area contributed by atoms with Gasteiger partial charge in [0, 0.05) is 17.4 Å². The summed E-state index contributed by atoms with van der Waals surface area (Å²) in [5, 5.41) is 0. The molecule has 2 saturated carbocycles. The van der Waals surface area contributed by atoms with E-state index in [0.717, 1.165) is 56.2 Å². The van der Waals surface area contributed by atoms with E-state index >= 15 is 0 Å². The summed E-state index contributed by atoms with van der Waals surface area (Å²) in [6, 6.07) is 1.98. The minimum Gasteiger partial charge on any atom is -0.465 e. The number of carbonyl (C=O) groups excluding carboxylic acids is 2. The second-order valence-electron chi connectivity index (χ2n) is 11.7. The number of hydrogen-bond donors (Lipinski definition) is 0. The van der Waals surface area contributed by atoms with Crippen molar-refractivity contribution >= 4 is 28.9 Å². The van der Waals surface area contributed by atoms with E-state index < -0.39 is 5.97 Å². The summed E-state index contributed by atoms with van der Waals surface area (Å²) in [4.78, 5) is 30.2. The predicted molar refractivity (Wildman–Crippen MR) is 142 cm³/mol. The first-order chi connectivity index (χ1) is 17.1. The standard InChI is InChI=1S/C29H41NO5S/c1-19-6-8-20(9-7-19)27(31)30(21-10-12-22(13-11-21)35-23-17-34-18-23)25-16-24(14-15-29(2,3)4)36-26(25)28(32)33-5/h16,19-23H,6-13,17-18H2,1-5H3/t19-,20-,21-,22-. The SMILES string of the molecule is COC(=O)c1sc(C#CC(C)(C)C)cc1N(C(=O)[C@H]1CC[C@H](C)CC1)[C@H]1CC[C@H](OC2COC2)CC1. The lowest BCUT2D eigenvalue weighted by Gasteiger charge is -2.40. The van der Waals surface area contributed by atoms with Gasteiger partial charge in [-0.25, -0.2) is 4.79 Å². The number of rotatable bonds is 6. The van der Waals surface area contributed by atoms with Crippen LogP contribution in [0.3, 0.4) is 0 Å². The van der Waals surface area contributed by atoms with Gasteiger partial charge in [0.2, 0.25) is 5.91 Å². The van der Waals surface area contributed by atoms with E-state index in [4.69, 9.17) is 14.2 Å². The topological polar surface area (TPSA) is 65.1 Å². The van der Waals surface area contributed by atoms with E-state index in [-0.39, 0.29) is 35.5 Å². The first-order valence-electron chi connectivity index (χ1n) is 13.5. The summed E-state index contributed by atoms with van der Waals surface area (Å²) in [7, 11) is 1.40. The molecule has 0 unspecified atom stereocenters. The summed E-state index contributed by atoms with van der Waals surface area (Å²) in [6.07, 6.45) is 7.89. The maximum atomic E-state index is 14.1. The van der Waals surface area contributed by atoms with Crippen LogP contribution >= 0.6 is 11.3 Å². The lowest BCUT2D eigenvalue weighted by atomic mass is 9.81. The molecular formula is C29H41NO5S. The van der Waals surface area contributed by atoms with Crippen LogP contribution in [0.5, 0.6) is 0 Å². The monoisotopic (exact) mass is 515 g/mol. The first kappa shape index (κ1) is 27.2. The van der Waals surface area contributed by atoms with E-state index in [1.807, 2.05) is 11.0 Å². The zero-order chi connectivity index (χ0) is 25.9. The van der Waals surface area contributed by atoms with Crippen LogP contribution in [0.2, 0.25) is 0 Å². The van der Waals surface area contributed by atoms with Gasteiger partial charge in [0.15, 0.2) is 0 Å². The van der Waals surface area contributed by atoms with E-state index in [1.54, 1.807) is 0 Å². The quantitative estimate of drug-likeness (QED) is 0.353. The highest BCUT2D eigenvalue weighted by molar-refractivity contribution is 7.15. The molecule has 0 radical (unpaired) electrons. The van der Waals surface area contributed by atoms with Gasteiger partial charge in [0.1, 0.15) is 11.0 Å². The van der Waals surface area contributed by atoms with Gasteiger partial charge in [-0.05, 0) is 84.1 Å². The Morgan fingerprint density at radius 3 is 2.25 bits per heavy atom. The molecule has 4 rings (SSSR count). The van der Waals surface area contributed by atoms with Crippen molar-refractivity contribution in [3.05, 3.63) is 15.8 Å². The van der Waals surface area contributed by atoms with Crippen molar-refractivity contribution in [1.82, 2.24) is 0 Å². The van der Waals surface area contributed by atoms with Crippen LogP contribution in [0.15, 0.2) is 6.07 Å². The lowest BCUT2D eigenvalue weighted by molar-refractivity contribution is -0.160. The Morgan fingerprint density at radius 2 is 1.69 bits per heavy atom. The molecule has 2 aliphatic carbocycles. The van der Waals surface area contributed by atoms with E-state index in [9.17, 15) is 9.59 Å². The molecule has 1 aliphatic heterocycles. The van der Waals surface area contributed by atoms with Gasteiger partial charge in [0.05, 0.1) is 37.0 Å². The Morgan fingerprint density at radius 1 is 1.03 bits per heavy atom. The maximum absolute atomic E-state index is 14.1. The van der Waals surface area contributed by atoms with Crippen molar-refractivity contribution in [2.24, 2.45) is 17.3 Å². The lowest BCUT2D eigenvalue weighted by Crippen LogP contribution is -2.48. The Labute approximate surface area is 220 Å². The molecule has 0 atom stereocenters. The number of ether oxygens (including phenoxy) is 3.